The Morgan fingerprint density at radius 1 is 1.12 bits per heavy atom. The molecule has 2 aromatic heterocycles. The number of ether oxygens (including phenoxy) is 2. The molecule has 4 aromatic rings. The zero-order valence-corrected chi connectivity index (χ0v) is 17.6. The van der Waals surface area contributed by atoms with Crippen LogP contribution in [0.4, 0.5) is 5.69 Å². The first-order chi connectivity index (χ1) is 15.5. The van der Waals surface area contributed by atoms with E-state index in [1.54, 1.807) is 30.8 Å². The number of nitro benzene ring substituents is 1. The SMILES string of the molecule is CCOC(=O)c1cc(Cc2c(-c3ccccc3)nn3cc(OC)ccc23)cc([N+](=O)[O-])c1. The van der Waals surface area contributed by atoms with E-state index in [1.165, 1.54) is 12.1 Å². The number of fused-ring (bicyclic) bond motifs is 1. The summed E-state index contributed by atoms with van der Waals surface area (Å²) in [5.74, 6) is 0.0661. The third-order valence-corrected chi connectivity index (χ3v) is 5.07. The van der Waals surface area contributed by atoms with Crippen molar-refractivity contribution >= 4 is 17.2 Å². The van der Waals surface area contributed by atoms with E-state index >= 15 is 0 Å². The van der Waals surface area contributed by atoms with Gasteiger partial charge in [0, 0.05) is 29.7 Å². The maximum atomic E-state index is 12.3. The number of non-ortho nitro benzene ring substituents is 1. The zero-order chi connectivity index (χ0) is 22.7. The number of hydrogen-bond acceptors (Lipinski definition) is 6. The standard InChI is InChI=1S/C24H21N3O5/c1-3-32-24(28)18-11-16(12-19(14-18)27(29)30)13-21-22-10-9-20(31-2)15-26(22)25-23(21)17-7-5-4-6-8-17/h4-12,14-15H,3,13H2,1-2H3. The van der Waals surface area contributed by atoms with E-state index < -0.39 is 10.9 Å². The number of benzene rings is 2. The Balaban J connectivity index is 1.86. The van der Waals surface area contributed by atoms with Crippen LogP contribution in [0.2, 0.25) is 0 Å². The van der Waals surface area contributed by atoms with E-state index in [9.17, 15) is 14.9 Å². The van der Waals surface area contributed by atoms with E-state index in [-0.39, 0.29) is 17.9 Å². The Kier molecular flexibility index (Phi) is 5.85. The summed E-state index contributed by atoms with van der Waals surface area (Å²) in [5, 5.41) is 16.2. The van der Waals surface area contributed by atoms with Gasteiger partial charge in [0.05, 0.1) is 41.6 Å². The fourth-order valence-electron chi connectivity index (χ4n) is 3.62. The van der Waals surface area contributed by atoms with Crippen molar-refractivity contribution < 1.29 is 19.2 Å². The third kappa shape index (κ3) is 4.15. The first-order valence-electron chi connectivity index (χ1n) is 10.1. The Hall–Kier alpha value is -4.20. The molecule has 0 aliphatic carbocycles. The van der Waals surface area contributed by atoms with Crippen LogP contribution >= 0.6 is 0 Å². The lowest BCUT2D eigenvalue weighted by Gasteiger charge is -2.08. The first kappa shape index (κ1) is 21.0. The average Bonchev–Trinajstić information content (AvgIpc) is 3.17. The molecule has 162 valence electrons. The van der Waals surface area contributed by atoms with Gasteiger partial charge in [-0.05, 0) is 30.7 Å². The molecule has 0 radical (unpaired) electrons. The Morgan fingerprint density at radius 2 is 1.91 bits per heavy atom. The van der Waals surface area contributed by atoms with Crippen LogP contribution in [-0.4, -0.2) is 34.2 Å². The number of carbonyl (C=O) groups excluding carboxylic acids is 1. The molecule has 8 nitrogen and oxygen atoms in total. The lowest BCUT2D eigenvalue weighted by Crippen LogP contribution is -2.06. The van der Waals surface area contributed by atoms with E-state index in [2.05, 4.69) is 0 Å². The maximum Gasteiger partial charge on any atom is 0.338 e. The summed E-state index contributed by atoms with van der Waals surface area (Å²) in [4.78, 5) is 23.2. The smallest absolute Gasteiger partial charge is 0.338 e. The summed E-state index contributed by atoms with van der Waals surface area (Å²) in [6, 6.07) is 17.8. The van der Waals surface area contributed by atoms with Gasteiger partial charge in [-0.1, -0.05) is 30.3 Å². The molecule has 2 aromatic carbocycles. The number of aromatic nitrogens is 2. The molecule has 0 unspecified atom stereocenters. The highest BCUT2D eigenvalue weighted by molar-refractivity contribution is 5.90. The molecule has 8 heteroatoms. The zero-order valence-electron chi connectivity index (χ0n) is 17.6. The number of pyridine rings is 1. The topological polar surface area (TPSA) is 96.0 Å². The Labute approximate surface area is 184 Å². The quantitative estimate of drug-likeness (QED) is 0.239. The van der Waals surface area contributed by atoms with Gasteiger partial charge in [0.2, 0.25) is 0 Å². The Morgan fingerprint density at radius 3 is 2.59 bits per heavy atom. The molecule has 0 fully saturated rings. The summed E-state index contributed by atoms with van der Waals surface area (Å²) in [7, 11) is 1.59. The van der Waals surface area contributed by atoms with Crippen LogP contribution in [0.25, 0.3) is 16.8 Å². The van der Waals surface area contributed by atoms with Crippen LogP contribution in [0.15, 0.2) is 66.9 Å². The molecule has 0 spiro atoms. The van der Waals surface area contributed by atoms with Crippen molar-refractivity contribution in [3.63, 3.8) is 0 Å². The van der Waals surface area contributed by atoms with Crippen LogP contribution < -0.4 is 4.74 Å². The number of carbonyl (C=O) groups is 1. The molecule has 32 heavy (non-hydrogen) atoms. The van der Waals surface area contributed by atoms with E-state index in [0.29, 0.717) is 17.7 Å². The number of nitrogens with zero attached hydrogens (tertiary/aromatic N) is 3. The van der Waals surface area contributed by atoms with Gasteiger partial charge in [0.1, 0.15) is 5.75 Å². The lowest BCUT2D eigenvalue weighted by molar-refractivity contribution is -0.384. The second-order valence-corrected chi connectivity index (χ2v) is 7.13. The summed E-state index contributed by atoms with van der Waals surface area (Å²) >= 11 is 0. The van der Waals surface area contributed by atoms with Gasteiger partial charge in [0.25, 0.3) is 5.69 Å². The highest BCUT2D eigenvalue weighted by Crippen LogP contribution is 2.31. The molecule has 0 saturated heterocycles. The Bertz CT molecular complexity index is 1300. The van der Waals surface area contributed by atoms with E-state index in [1.807, 2.05) is 42.5 Å². The van der Waals surface area contributed by atoms with Gasteiger partial charge in [-0.3, -0.25) is 10.1 Å². The predicted octanol–water partition coefficient (Wildman–Crippen LogP) is 4.69. The molecule has 0 bridgehead atoms. The second-order valence-electron chi connectivity index (χ2n) is 7.13. The number of methoxy groups -OCH3 is 1. The van der Waals surface area contributed by atoms with Crippen LogP contribution in [-0.2, 0) is 11.2 Å². The third-order valence-electron chi connectivity index (χ3n) is 5.07. The van der Waals surface area contributed by atoms with Crippen molar-refractivity contribution in [2.24, 2.45) is 0 Å². The largest absolute Gasteiger partial charge is 0.495 e. The minimum Gasteiger partial charge on any atom is -0.495 e. The average molecular weight is 431 g/mol. The van der Waals surface area contributed by atoms with Crippen molar-refractivity contribution in [2.45, 2.75) is 13.3 Å². The highest BCUT2D eigenvalue weighted by Gasteiger charge is 2.19. The van der Waals surface area contributed by atoms with Crippen molar-refractivity contribution in [3.8, 4) is 17.0 Å². The van der Waals surface area contributed by atoms with E-state index in [4.69, 9.17) is 14.6 Å². The van der Waals surface area contributed by atoms with E-state index in [0.717, 1.165) is 22.3 Å². The van der Waals surface area contributed by atoms with Gasteiger partial charge >= 0.3 is 5.97 Å². The highest BCUT2D eigenvalue weighted by atomic mass is 16.6. The molecule has 0 aliphatic heterocycles. The van der Waals surface area contributed by atoms with Crippen molar-refractivity contribution in [3.05, 3.63) is 93.7 Å². The predicted molar refractivity (Wildman–Crippen MR) is 119 cm³/mol. The molecular formula is C24H21N3O5. The van der Waals surface area contributed by atoms with Gasteiger partial charge in [-0.2, -0.15) is 5.10 Å². The van der Waals surface area contributed by atoms with Crippen LogP contribution in [0.5, 0.6) is 5.75 Å². The van der Waals surface area contributed by atoms with Crippen LogP contribution in [0, 0.1) is 10.1 Å². The van der Waals surface area contributed by atoms with Crippen molar-refractivity contribution in [1.29, 1.82) is 0 Å². The summed E-state index contributed by atoms with van der Waals surface area (Å²) < 4.78 is 12.1. The maximum absolute atomic E-state index is 12.3. The molecule has 0 atom stereocenters. The minimum atomic E-state index is -0.592. The summed E-state index contributed by atoms with van der Waals surface area (Å²) in [6.45, 7) is 1.88. The molecule has 2 heterocycles. The minimum absolute atomic E-state index is 0.149. The molecule has 0 amide bonds. The lowest BCUT2D eigenvalue weighted by atomic mass is 9.98. The number of hydrogen-bond donors (Lipinski definition) is 0. The van der Waals surface area contributed by atoms with Crippen LogP contribution in [0.3, 0.4) is 0 Å². The normalized spacial score (nSPS) is 10.8. The summed E-state index contributed by atoms with van der Waals surface area (Å²) in [5.41, 5.74) is 4.00. The number of nitro groups is 1. The molecular weight excluding hydrogens is 410 g/mol. The van der Waals surface area contributed by atoms with Crippen molar-refractivity contribution in [2.75, 3.05) is 13.7 Å². The summed E-state index contributed by atoms with van der Waals surface area (Å²) in [6.07, 6.45) is 2.12. The van der Waals surface area contributed by atoms with Gasteiger partial charge in [-0.25, -0.2) is 9.31 Å². The molecule has 0 N–H and O–H groups in total. The van der Waals surface area contributed by atoms with Crippen LogP contribution in [0.1, 0.15) is 28.4 Å². The van der Waals surface area contributed by atoms with Gasteiger partial charge in [-0.15, -0.1) is 0 Å². The monoisotopic (exact) mass is 431 g/mol. The fraction of sp³-hybridized carbons (Fsp3) is 0.167. The molecule has 0 saturated carbocycles. The molecule has 0 aliphatic rings. The van der Waals surface area contributed by atoms with Gasteiger partial charge in [0.15, 0.2) is 0 Å². The number of rotatable bonds is 7. The van der Waals surface area contributed by atoms with Crippen molar-refractivity contribution in [1.82, 2.24) is 9.61 Å². The van der Waals surface area contributed by atoms with Gasteiger partial charge < -0.3 is 9.47 Å². The fourth-order valence-corrected chi connectivity index (χ4v) is 3.62. The number of esters is 1. The second kappa shape index (κ2) is 8.89. The molecule has 4 rings (SSSR count). The first-order valence-corrected chi connectivity index (χ1v) is 10.1.